The zero-order valence-electron chi connectivity index (χ0n) is 10.2. The Morgan fingerprint density at radius 1 is 1.19 bits per heavy atom. The molecule has 21 heavy (non-hydrogen) atoms. The van der Waals surface area contributed by atoms with Crippen LogP contribution in [0.4, 0.5) is 5.69 Å². The number of nitrogens with zero attached hydrogens (tertiary/aromatic N) is 1. The minimum atomic E-state index is -4.04. The molecule has 0 atom stereocenters. The molecule has 0 amide bonds. The Morgan fingerprint density at radius 3 is 2.48 bits per heavy atom. The van der Waals surface area contributed by atoms with Crippen molar-refractivity contribution in [1.29, 1.82) is 0 Å². The summed E-state index contributed by atoms with van der Waals surface area (Å²) in [7, 11) is -4.04. The molecule has 0 radical (unpaired) electrons. The lowest BCUT2D eigenvalue weighted by atomic mass is 10.2. The summed E-state index contributed by atoms with van der Waals surface area (Å²) in [5, 5.41) is 9.03. The summed E-state index contributed by atoms with van der Waals surface area (Å²) < 4.78 is 26.7. The second-order valence-electron chi connectivity index (χ2n) is 3.93. The van der Waals surface area contributed by atoms with Gasteiger partial charge in [0.15, 0.2) is 0 Å². The summed E-state index contributed by atoms with van der Waals surface area (Å²) >= 11 is 11.4. The lowest BCUT2D eigenvalue weighted by molar-refractivity contribution is 0.0696. The first-order chi connectivity index (χ1) is 9.79. The van der Waals surface area contributed by atoms with E-state index in [4.69, 9.17) is 28.3 Å². The molecule has 0 fully saturated rings. The highest BCUT2D eigenvalue weighted by Gasteiger charge is 2.20. The van der Waals surface area contributed by atoms with Crippen LogP contribution < -0.4 is 4.72 Å². The Hall–Kier alpha value is -1.83. The van der Waals surface area contributed by atoms with Gasteiger partial charge in [0.1, 0.15) is 10.0 Å². The Morgan fingerprint density at radius 2 is 1.90 bits per heavy atom. The summed E-state index contributed by atoms with van der Waals surface area (Å²) in [5.41, 5.74) is -0.00907. The fourth-order valence-corrected chi connectivity index (χ4v) is 3.17. The molecule has 0 aliphatic carbocycles. The lowest BCUT2D eigenvalue weighted by Crippen LogP contribution is -2.14. The van der Waals surface area contributed by atoms with Crippen LogP contribution in [0.15, 0.2) is 41.4 Å². The van der Waals surface area contributed by atoms with E-state index in [9.17, 15) is 13.2 Å². The van der Waals surface area contributed by atoms with Gasteiger partial charge in [0.2, 0.25) is 0 Å². The monoisotopic (exact) mass is 346 g/mol. The van der Waals surface area contributed by atoms with Crippen molar-refractivity contribution in [2.75, 3.05) is 4.72 Å². The molecule has 0 aliphatic heterocycles. The van der Waals surface area contributed by atoms with Crippen LogP contribution in [-0.2, 0) is 10.0 Å². The van der Waals surface area contributed by atoms with Crippen LogP contribution in [0.3, 0.4) is 0 Å². The van der Waals surface area contributed by atoms with Gasteiger partial charge in [-0.15, -0.1) is 0 Å². The molecule has 1 aromatic heterocycles. The standard InChI is InChI=1S/C12H8Cl2N2O4S/c13-9-3-1-7(12(17)18)5-10(9)21(19,20)16-8-2-4-11(14)15-6-8/h1-6,16H,(H,17,18). The number of carboxylic acids is 1. The van der Waals surface area contributed by atoms with Gasteiger partial charge in [-0.25, -0.2) is 18.2 Å². The summed E-state index contributed by atoms with van der Waals surface area (Å²) in [6.07, 6.45) is 1.23. The van der Waals surface area contributed by atoms with Crippen molar-refractivity contribution >= 4 is 44.9 Å². The third-order valence-corrected chi connectivity index (χ3v) is 4.53. The molecule has 0 unspecified atom stereocenters. The minimum absolute atomic E-state index is 0.0885. The first-order valence-electron chi connectivity index (χ1n) is 5.47. The van der Waals surface area contributed by atoms with Gasteiger partial charge in [-0.2, -0.15) is 0 Å². The predicted octanol–water partition coefficient (Wildman–Crippen LogP) is 2.89. The van der Waals surface area contributed by atoms with Crippen LogP contribution in [0.5, 0.6) is 0 Å². The molecule has 0 spiro atoms. The number of halogens is 2. The fourth-order valence-electron chi connectivity index (χ4n) is 1.49. The second kappa shape index (κ2) is 5.88. The van der Waals surface area contributed by atoms with Crippen molar-refractivity contribution in [3.63, 3.8) is 0 Å². The van der Waals surface area contributed by atoms with E-state index in [-0.39, 0.29) is 26.3 Å². The molecule has 6 nitrogen and oxygen atoms in total. The lowest BCUT2D eigenvalue weighted by Gasteiger charge is -2.10. The maximum Gasteiger partial charge on any atom is 0.335 e. The number of aromatic nitrogens is 1. The summed E-state index contributed by atoms with van der Waals surface area (Å²) in [6, 6.07) is 6.24. The number of pyridine rings is 1. The number of carbonyl (C=O) groups is 1. The maximum absolute atomic E-state index is 12.2. The quantitative estimate of drug-likeness (QED) is 0.829. The van der Waals surface area contributed by atoms with Crippen molar-refractivity contribution in [3.8, 4) is 0 Å². The van der Waals surface area contributed by atoms with Gasteiger partial charge < -0.3 is 5.11 Å². The third-order valence-electron chi connectivity index (χ3n) is 2.45. The Labute approximate surface area is 130 Å². The molecule has 1 heterocycles. The zero-order chi connectivity index (χ0) is 15.6. The highest BCUT2D eigenvalue weighted by Crippen LogP contribution is 2.25. The Bertz CT molecular complexity index is 791. The van der Waals surface area contributed by atoms with Gasteiger partial charge in [0, 0.05) is 0 Å². The number of nitrogens with one attached hydrogen (secondary N) is 1. The molecule has 0 aliphatic rings. The van der Waals surface area contributed by atoms with E-state index in [1.165, 1.54) is 30.5 Å². The predicted molar refractivity (Wildman–Crippen MR) is 78.5 cm³/mol. The number of anilines is 1. The van der Waals surface area contributed by atoms with Gasteiger partial charge in [-0.05, 0) is 30.3 Å². The van der Waals surface area contributed by atoms with Crippen LogP contribution in [-0.4, -0.2) is 24.5 Å². The maximum atomic E-state index is 12.2. The molecule has 2 N–H and O–H groups in total. The molecular formula is C12H8Cl2N2O4S. The number of hydrogen-bond donors (Lipinski definition) is 2. The van der Waals surface area contributed by atoms with Crippen LogP contribution >= 0.6 is 23.2 Å². The number of sulfonamides is 1. The van der Waals surface area contributed by atoms with Gasteiger partial charge in [0.05, 0.1) is 22.5 Å². The van der Waals surface area contributed by atoms with Gasteiger partial charge >= 0.3 is 5.97 Å². The second-order valence-corrected chi connectivity index (χ2v) is 6.37. The largest absolute Gasteiger partial charge is 0.478 e. The summed E-state index contributed by atoms with van der Waals surface area (Å²) in [4.78, 5) is 14.3. The van der Waals surface area contributed by atoms with Crippen molar-refractivity contribution in [2.24, 2.45) is 0 Å². The SMILES string of the molecule is O=C(O)c1ccc(Cl)c(S(=O)(=O)Nc2ccc(Cl)nc2)c1. The molecule has 110 valence electrons. The molecule has 1 aromatic carbocycles. The topological polar surface area (TPSA) is 96.4 Å². The van der Waals surface area contributed by atoms with Crippen molar-refractivity contribution in [2.45, 2.75) is 4.90 Å². The number of benzene rings is 1. The molecule has 2 rings (SSSR count). The summed E-state index contributed by atoms with van der Waals surface area (Å²) in [5.74, 6) is -1.25. The van der Waals surface area contributed by atoms with Crippen molar-refractivity contribution in [3.05, 3.63) is 52.3 Å². The van der Waals surface area contributed by atoms with Crippen LogP contribution in [0.25, 0.3) is 0 Å². The summed E-state index contributed by atoms with van der Waals surface area (Å²) in [6.45, 7) is 0. The molecule has 0 saturated carbocycles. The number of carboxylic acid groups (broad SMARTS) is 1. The minimum Gasteiger partial charge on any atom is -0.478 e. The average molecular weight is 347 g/mol. The third kappa shape index (κ3) is 3.63. The fraction of sp³-hybridized carbons (Fsp3) is 0. The van der Waals surface area contributed by atoms with Crippen molar-refractivity contribution < 1.29 is 18.3 Å². The van der Waals surface area contributed by atoms with Gasteiger partial charge in [-0.3, -0.25) is 4.72 Å². The molecule has 9 heteroatoms. The highest BCUT2D eigenvalue weighted by atomic mass is 35.5. The van der Waals surface area contributed by atoms with Crippen molar-refractivity contribution in [1.82, 2.24) is 4.98 Å². The van der Waals surface area contributed by atoms with E-state index in [2.05, 4.69) is 9.71 Å². The molecule has 0 saturated heterocycles. The first-order valence-corrected chi connectivity index (χ1v) is 7.71. The number of rotatable bonds is 4. The smallest absolute Gasteiger partial charge is 0.335 e. The van der Waals surface area contributed by atoms with E-state index in [1.807, 2.05) is 0 Å². The number of aromatic carboxylic acids is 1. The van der Waals surface area contributed by atoms with Gasteiger partial charge in [0.25, 0.3) is 10.0 Å². The van der Waals surface area contributed by atoms with Crippen LogP contribution in [0.2, 0.25) is 10.2 Å². The molecule has 0 bridgehead atoms. The first kappa shape index (κ1) is 15.6. The average Bonchev–Trinajstić information content (AvgIpc) is 2.41. The van der Waals surface area contributed by atoms with E-state index in [1.54, 1.807) is 0 Å². The normalized spacial score (nSPS) is 11.1. The molecular weight excluding hydrogens is 339 g/mol. The Balaban J connectivity index is 2.41. The van der Waals surface area contributed by atoms with Gasteiger partial charge in [-0.1, -0.05) is 23.2 Å². The molecule has 2 aromatic rings. The van der Waals surface area contributed by atoms with Crippen LogP contribution in [0, 0.1) is 0 Å². The van der Waals surface area contributed by atoms with Crippen LogP contribution in [0.1, 0.15) is 10.4 Å². The Kier molecular flexibility index (Phi) is 4.36. The highest BCUT2D eigenvalue weighted by molar-refractivity contribution is 7.92. The number of hydrogen-bond acceptors (Lipinski definition) is 4. The van der Waals surface area contributed by atoms with E-state index in [0.29, 0.717) is 0 Å². The zero-order valence-corrected chi connectivity index (χ0v) is 12.6. The van der Waals surface area contributed by atoms with E-state index in [0.717, 1.165) is 6.07 Å². The van der Waals surface area contributed by atoms with E-state index >= 15 is 0 Å². The van der Waals surface area contributed by atoms with E-state index < -0.39 is 16.0 Å².